The highest BCUT2D eigenvalue weighted by atomic mass is 16.6. The molecule has 0 aromatic carbocycles. The second kappa shape index (κ2) is 6.63. The van der Waals surface area contributed by atoms with Gasteiger partial charge in [0.1, 0.15) is 6.61 Å². The van der Waals surface area contributed by atoms with Gasteiger partial charge in [-0.15, -0.1) is 0 Å². The second-order valence-corrected chi connectivity index (χ2v) is 6.78. The van der Waals surface area contributed by atoms with Crippen LogP contribution in [0.2, 0.25) is 0 Å². The number of methoxy groups -OCH3 is 1. The summed E-state index contributed by atoms with van der Waals surface area (Å²) >= 11 is 0. The molecule has 0 aromatic heterocycles. The number of ketones is 2. The van der Waals surface area contributed by atoms with E-state index in [4.69, 9.17) is 26.0 Å². The Hall–Kier alpha value is -2.43. The summed E-state index contributed by atoms with van der Waals surface area (Å²) in [5, 5.41) is 10.8. The zero-order valence-corrected chi connectivity index (χ0v) is 15.4. The van der Waals surface area contributed by atoms with Crippen molar-refractivity contribution in [3.8, 4) is 0 Å². The van der Waals surface area contributed by atoms with Gasteiger partial charge in [-0.25, -0.2) is 4.79 Å². The highest BCUT2D eigenvalue weighted by molar-refractivity contribution is 6.25. The fraction of sp³-hybridized carbons (Fsp3) is 0.588. The zero-order chi connectivity index (χ0) is 20.1. The molecule has 10 heteroatoms. The first-order chi connectivity index (χ1) is 12.8. The van der Waals surface area contributed by atoms with Crippen LogP contribution < -0.4 is 16.8 Å². The number of fused-ring (bicyclic) bond motifs is 4. The number of aliphatic hydroxyl groups excluding tert-OH is 1. The predicted molar refractivity (Wildman–Crippen MR) is 92.9 cm³/mol. The van der Waals surface area contributed by atoms with Crippen LogP contribution in [0.25, 0.3) is 0 Å². The Morgan fingerprint density at radius 2 is 2.04 bits per heavy atom. The number of amides is 1. The largest absolute Gasteiger partial charge is 0.449 e. The van der Waals surface area contributed by atoms with Crippen LogP contribution in [0, 0.1) is 5.92 Å². The Kier molecular flexibility index (Phi) is 4.74. The second-order valence-electron chi connectivity index (χ2n) is 6.78. The number of hydrogen-bond donors (Lipinski definition) is 4. The van der Waals surface area contributed by atoms with Crippen LogP contribution in [0.15, 0.2) is 22.5 Å². The number of allylic oxidation sites excluding steroid dienone is 2. The van der Waals surface area contributed by atoms with Gasteiger partial charge in [0, 0.05) is 37.4 Å². The maximum Gasteiger partial charge on any atom is 0.404 e. The summed E-state index contributed by atoms with van der Waals surface area (Å²) in [6.07, 6.45) is -0.950. The molecule has 10 nitrogen and oxygen atoms in total. The molecule has 6 N–H and O–H groups in total. The van der Waals surface area contributed by atoms with Crippen molar-refractivity contribution in [1.82, 2.24) is 10.2 Å². The summed E-state index contributed by atoms with van der Waals surface area (Å²) in [6, 6.07) is 0.109. The van der Waals surface area contributed by atoms with Crippen LogP contribution in [0.5, 0.6) is 0 Å². The average Bonchev–Trinajstić information content (AvgIpc) is 3.23. The minimum absolute atomic E-state index is 0.0586. The Morgan fingerprint density at radius 1 is 1.41 bits per heavy atom. The molecule has 0 aromatic rings. The van der Waals surface area contributed by atoms with E-state index in [-0.39, 0.29) is 47.9 Å². The van der Waals surface area contributed by atoms with E-state index in [0.717, 1.165) is 0 Å². The number of nitrogens with one attached hydrogen (secondary N) is 1. The summed E-state index contributed by atoms with van der Waals surface area (Å²) in [5.41, 5.74) is 10.7. The van der Waals surface area contributed by atoms with Gasteiger partial charge in [0.05, 0.1) is 23.4 Å². The number of piperazine rings is 1. The Balaban J connectivity index is 0.000000659. The number of nitrogens with zero attached hydrogens (tertiary/aromatic N) is 1. The van der Waals surface area contributed by atoms with Gasteiger partial charge in [0.15, 0.2) is 5.72 Å². The molecule has 0 radical (unpaired) electrons. The Labute approximate surface area is 156 Å². The Morgan fingerprint density at radius 3 is 2.59 bits per heavy atom. The van der Waals surface area contributed by atoms with Crippen molar-refractivity contribution < 1.29 is 29.0 Å². The van der Waals surface area contributed by atoms with Crippen molar-refractivity contribution in [2.45, 2.75) is 31.7 Å². The average molecular weight is 380 g/mol. The SMILES string of the molecule is CCO.CO[C@@]12[C@H](COC(N)=O)C3=C(C(=O)C(C)=C(N)C3=O)N1C[C@@H]1N[C@@H]12. The first-order valence-electron chi connectivity index (χ1n) is 8.67. The molecule has 0 spiro atoms. The molecule has 2 saturated heterocycles. The molecule has 1 aliphatic carbocycles. The van der Waals surface area contributed by atoms with Gasteiger partial charge in [-0.1, -0.05) is 0 Å². The monoisotopic (exact) mass is 380 g/mol. The minimum atomic E-state index is -0.957. The van der Waals surface area contributed by atoms with Gasteiger partial charge in [-0.3, -0.25) is 9.59 Å². The third-order valence-corrected chi connectivity index (χ3v) is 5.47. The molecule has 148 valence electrons. The highest BCUT2D eigenvalue weighted by Crippen LogP contribution is 2.55. The van der Waals surface area contributed by atoms with Crippen molar-refractivity contribution in [2.75, 3.05) is 26.9 Å². The third-order valence-electron chi connectivity index (χ3n) is 5.47. The van der Waals surface area contributed by atoms with Crippen LogP contribution in [0.4, 0.5) is 4.79 Å². The van der Waals surface area contributed by atoms with E-state index < -0.39 is 23.5 Å². The summed E-state index contributed by atoms with van der Waals surface area (Å²) in [5.74, 6) is -1.34. The number of primary amides is 1. The lowest BCUT2D eigenvalue weighted by molar-refractivity contribution is -0.137. The standard InChI is InChI=1S/C15H18N4O5.C2H6O/c1-5-9(16)12(21)8-6(4-24-14(17)22)15(23-2)13-7(18-13)3-19(15)10(8)11(5)20;1-2-3/h6-7,13,18H,3-4,16H2,1-2H3,(H2,17,22);3H,2H2,1H3/t6-,7+,13+,15-;/m1./s1. The normalized spacial score (nSPS) is 33.3. The van der Waals surface area contributed by atoms with Crippen LogP contribution in [0.1, 0.15) is 13.8 Å². The lowest BCUT2D eigenvalue weighted by atomic mass is 9.82. The van der Waals surface area contributed by atoms with Gasteiger partial charge in [0.2, 0.25) is 11.6 Å². The fourth-order valence-corrected chi connectivity index (χ4v) is 4.31. The van der Waals surface area contributed by atoms with E-state index in [1.807, 2.05) is 4.90 Å². The third kappa shape index (κ3) is 2.55. The van der Waals surface area contributed by atoms with E-state index in [1.54, 1.807) is 6.92 Å². The molecule has 27 heavy (non-hydrogen) atoms. The first kappa shape index (κ1) is 19.3. The first-order valence-corrected chi connectivity index (χ1v) is 8.67. The maximum atomic E-state index is 12.8. The predicted octanol–water partition coefficient (Wildman–Crippen LogP) is -1.65. The molecule has 4 rings (SSSR count). The molecule has 4 atom stereocenters. The van der Waals surface area contributed by atoms with E-state index in [2.05, 4.69) is 5.32 Å². The topological polar surface area (TPSA) is 167 Å². The van der Waals surface area contributed by atoms with Gasteiger partial charge < -0.3 is 36.3 Å². The number of ether oxygens (including phenoxy) is 2. The number of rotatable bonds is 3. The summed E-state index contributed by atoms with van der Waals surface area (Å²) in [7, 11) is 1.52. The molecule has 0 saturated carbocycles. The van der Waals surface area contributed by atoms with E-state index >= 15 is 0 Å². The van der Waals surface area contributed by atoms with Crippen molar-refractivity contribution in [3.05, 3.63) is 22.5 Å². The van der Waals surface area contributed by atoms with E-state index in [0.29, 0.717) is 12.2 Å². The van der Waals surface area contributed by atoms with Crippen LogP contribution in [-0.4, -0.2) is 72.3 Å². The molecule has 0 bridgehead atoms. The van der Waals surface area contributed by atoms with Gasteiger partial charge in [0.25, 0.3) is 0 Å². The molecule has 3 aliphatic heterocycles. The van der Waals surface area contributed by atoms with Crippen molar-refractivity contribution in [2.24, 2.45) is 17.4 Å². The lowest BCUT2D eigenvalue weighted by Crippen LogP contribution is -2.55. The molecule has 3 heterocycles. The number of carbonyl (C=O) groups is 3. The molecular weight excluding hydrogens is 356 g/mol. The molecule has 4 aliphatic rings. The van der Waals surface area contributed by atoms with Gasteiger partial charge >= 0.3 is 6.09 Å². The van der Waals surface area contributed by atoms with Crippen molar-refractivity contribution >= 4 is 17.7 Å². The van der Waals surface area contributed by atoms with Gasteiger partial charge in [-0.2, -0.15) is 0 Å². The Bertz CT molecular complexity index is 775. The smallest absolute Gasteiger partial charge is 0.404 e. The van der Waals surface area contributed by atoms with Crippen molar-refractivity contribution in [1.29, 1.82) is 0 Å². The quantitative estimate of drug-likeness (QED) is 0.331. The fourth-order valence-electron chi connectivity index (χ4n) is 4.31. The van der Waals surface area contributed by atoms with Gasteiger partial charge in [-0.05, 0) is 13.8 Å². The molecule has 1 amide bonds. The zero-order valence-electron chi connectivity index (χ0n) is 15.4. The summed E-state index contributed by atoms with van der Waals surface area (Å²) < 4.78 is 10.8. The number of aliphatic hydroxyl groups is 1. The maximum absolute atomic E-state index is 12.8. The molecular formula is C17H24N4O6. The number of Topliss-reactive ketones (excluding diaryl/α,β-unsaturated/α-hetero) is 2. The van der Waals surface area contributed by atoms with E-state index in [1.165, 1.54) is 14.0 Å². The number of nitrogens with two attached hydrogens (primary N) is 2. The van der Waals surface area contributed by atoms with Crippen LogP contribution in [0.3, 0.4) is 0 Å². The van der Waals surface area contributed by atoms with E-state index in [9.17, 15) is 14.4 Å². The lowest BCUT2D eigenvalue weighted by Gasteiger charge is -2.39. The summed E-state index contributed by atoms with van der Waals surface area (Å²) in [4.78, 5) is 38.4. The highest BCUT2D eigenvalue weighted by Gasteiger charge is 2.72. The summed E-state index contributed by atoms with van der Waals surface area (Å²) in [6.45, 7) is 3.85. The van der Waals surface area contributed by atoms with Crippen LogP contribution in [-0.2, 0) is 19.1 Å². The number of carbonyl (C=O) groups excluding carboxylic acids is 3. The molecule has 0 unspecified atom stereocenters. The van der Waals surface area contributed by atoms with Crippen LogP contribution >= 0.6 is 0 Å². The molecule has 2 fully saturated rings. The number of hydrogen-bond acceptors (Lipinski definition) is 9. The minimum Gasteiger partial charge on any atom is -0.449 e. The van der Waals surface area contributed by atoms with Crippen molar-refractivity contribution in [3.63, 3.8) is 0 Å².